The van der Waals surface area contributed by atoms with E-state index in [0.29, 0.717) is 22.5 Å². The molecule has 2 aromatic carbocycles. The molecule has 0 bridgehead atoms. The van der Waals surface area contributed by atoms with Crippen molar-refractivity contribution in [1.82, 2.24) is 9.97 Å². The predicted octanol–water partition coefficient (Wildman–Crippen LogP) is 5.62. The maximum atomic E-state index is 12.7. The van der Waals surface area contributed by atoms with E-state index < -0.39 is 12.3 Å². The van der Waals surface area contributed by atoms with Gasteiger partial charge in [-0.2, -0.15) is 4.98 Å². The second-order valence-corrected chi connectivity index (χ2v) is 8.10. The molecule has 7 nitrogen and oxygen atoms in total. The maximum Gasteiger partial charge on any atom is 0.573 e. The number of rotatable bonds is 6. The highest BCUT2D eigenvalue weighted by molar-refractivity contribution is 6.04. The van der Waals surface area contributed by atoms with Gasteiger partial charge in [0.15, 0.2) is 0 Å². The summed E-state index contributed by atoms with van der Waals surface area (Å²) in [6.07, 6.45) is 0.475. The molecule has 0 unspecified atom stereocenters. The van der Waals surface area contributed by atoms with Crippen LogP contribution in [-0.2, 0) is 0 Å². The molecule has 1 amide bonds. The summed E-state index contributed by atoms with van der Waals surface area (Å²) in [7, 11) is 0. The first kappa shape index (κ1) is 23.3. The maximum absolute atomic E-state index is 12.7. The Morgan fingerprint density at radius 1 is 1.00 bits per heavy atom. The lowest BCUT2D eigenvalue weighted by Gasteiger charge is -2.23. The quantitative estimate of drug-likeness (QED) is 0.403. The van der Waals surface area contributed by atoms with E-state index >= 15 is 0 Å². The third-order valence-electron chi connectivity index (χ3n) is 5.42. The van der Waals surface area contributed by atoms with Crippen molar-refractivity contribution < 1.29 is 22.7 Å². The first-order valence-electron chi connectivity index (χ1n) is 10.9. The van der Waals surface area contributed by atoms with Crippen molar-refractivity contribution in [2.24, 2.45) is 0 Å². The number of nitrogens with two attached hydrogens (primary N) is 1. The fourth-order valence-corrected chi connectivity index (χ4v) is 3.87. The van der Waals surface area contributed by atoms with Crippen molar-refractivity contribution in [2.45, 2.75) is 44.5 Å². The highest BCUT2D eigenvalue weighted by Gasteiger charge is 2.31. The van der Waals surface area contributed by atoms with Gasteiger partial charge in [-0.15, -0.1) is 13.2 Å². The molecule has 0 atom stereocenters. The minimum absolute atomic E-state index is 0.182. The molecule has 0 saturated heterocycles. The second-order valence-electron chi connectivity index (χ2n) is 8.10. The Labute approximate surface area is 194 Å². The summed E-state index contributed by atoms with van der Waals surface area (Å²) < 4.78 is 42.1. The van der Waals surface area contributed by atoms with E-state index in [-0.39, 0.29) is 23.6 Å². The van der Waals surface area contributed by atoms with Gasteiger partial charge in [-0.1, -0.05) is 37.5 Å². The number of nitrogens with one attached hydrogen (secondary N) is 2. The molecule has 1 aromatic heterocycles. The van der Waals surface area contributed by atoms with Crippen molar-refractivity contribution >= 4 is 23.4 Å². The number of carbonyl (C=O) groups excluding carboxylic acids is 1. The molecular formula is C24H24F3N5O2. The highest BCUT2D eigenvalue weighted by atomic mass is 19.4. The van der Waals surface area contributed by atoms with Gasteiger partial charge < -0.3 is 21.1 Å². The molecule has 0 aliphatic heterocycles. The summed E-state index contributed by atoms with van der Waals surface area (Å²) >= 11 is 0. The summed E-state index contributed by atoms with van der Waals surface area (Å²) in [4.78, 5) is 21.7. The second kappa shape index (κ2) is 9.98. The number of halogens is 3. The Bertz CT molecular complexity index is 1160. The minimum atomic E-state index is -4.81. The first-order chi connectivity index (χ1) is 16.2. The van der Waals surface area contributed by atoms with E-state index in [0.717, 1.165) is 25.7 Å². The third kappa shape index (κ3) is 6.37. The van der Waals surface area contributed by atoms with E-state index in [4.69, 9.17) is 5.73 Å². The van der Waals surface area contributed by atoms with Crippen LogP contribution in [-0.4, -0.2) is 28.3 Å². The number of nitrogens with zero attached hydrogens (tertiary/aromatic N) is 2. The Balaban J connectivity index is 1.65. The van der Waals surface area contributed by atoms with E-state index in [1.165, 1.54) is 36.8 Å². The number of ether oxygens (including phenoxy) is 1. The summed E-state index contributed by atoms with van der Waals surface area (Å²) in [5.74, 6) is -0.294. The smallest absolute Gasteiger partial charge is 0.406 e. The molecule has 1 fully saturated rings. The molecule has 10 heteroatoms. The molecule has 1 heterocycles. The van der Waals surface area contributed by atoms with Crippen LogP contribution in [0.2, 0.25) is 0 Å². The Morgan fingerprint density at radius 3 is 2.50 bits per heavy atom. The minimum Gasteiger partial charge on any atom is -0.406 e. The van der Waals surface area contributed by atoms with Gasteiger partial charge in [0.1, 0.15) is 11.6 Å². The summed E-state index contributed by atoms with van der Waals surface area (Å²) in [5.41, 5.74) is 7.28. The van der Waals surface area contributed by atoms with Crippen LogP contribution in [0.25, 0.3) is 11.3 Å². The van der Waals surface area contributed by atoms with Crippen LogP contribution >= 0.6 is 0 Å². The van der Waals surface area contributed by atoms with Gasteiger partial charge in [-0.05, 0) is 43.2 Å². The van der Waals surface area contributed by atoms with E-state index in [1.54, 1.807) is 24.3 Å². The topological polar surface area (TPSA) is 102 Å². The molecule has 4 rings (SSSR count). The van der Waals surface area contributed by atoms with Crippen LogP contribution in [0.15, 0.2) is 54.6 Å². The molecule has 0 radical (unpaired) electrons. The molecule has 1 saturated carbocycles. The zero-order valence-electron chi connectivity index (χ0n) is 18.2. The molecule has 1 aliphatic carbocycles. The number of aromatic nitrogens is 2. The molecular weight excluding hydrogens is 447 g/mol. The van der Waals surface area contributed by atoms with E-state index in [9.17, 15) is 18.0 Å². The fourth-order valence-electron chi connectivity index (χ4n) is 3.87. The van der Waals surface area contributed by atoms with Gasteiger partial charge in [-0.25, -0.2) is 4.98 Å². The number of hydrogen-bond donors (Lipinski definition) is 3. The Hall–Kier alpha value is -3.82. The Kier molecular flexibility index (Phi) is 6.85. The van der Waals surface area contributed by atoms with E-state index in [1.807, 2.05) is 0 Å². The van der Waals surface area contributed by atoms with Crippen molar-refractivity contribution in [3.05, 3.63) is 60.2 Å². The number of nitrogen functional groups attached to an aromatic ring is 1. The summed E-state index contributed by atoms with van der Waals surface area (Å²) in [6, 6.07) is 13.7. The molecule has 178 valence electrons. The molecule has 34 heavy (non-hydrogen) atoms. The Morgan fingerprint density at radius 2 is 1.76 bits per heavy atom. The first-order valence-corrected chi connectivity index (χ1v) is 10.9. The van der Waals surface area contributed by atoms with Gasteiger partial charge in [0, 0.05) is 28.9 Å². The lowest BCUT2D eigenvalue weighted by Crippen LogP contribution is -2.24. The SMILES string of the molecule is Nc1cccc(C(=O)Nc2cc(-c3cccc(OC(F)(F)F)c3)nc(NC3CCCCC3)n2)c1. The zero-order chi connectivity index (χ0) is 24.1. The summed E-state index contributed by atoms with van der Waals surface area (Å²) in [5, 5.41) is 6.03. The van der Waals surface area contributed by atoms with Gasteiger partial charge in [0.2, 0.25) is 5.95 Å². The van der Waals surface area contributed by atoms with Gasteiger partial charge in [0.25, 0.3) is 5.91 Å². The standard InChI is InChI=1S/C24H24F3N5O2/c25-24(26,27)34-19-11-5-6-15(13-19)20-14-21(31-22(33)16-7-4-8-17(28)12-16)32-23(30-20)29-18-9-2-1-3-10-18/h4-8,11-14,18H,1-3,9-10,28H2,(H2,29,30,31,32,33). The number of alkyl halides is 3. The lowest BCUT2D eigenvalue weighted by atomic mass is 9.96. The van der Waals surface area contributed by atoms with Crippen molar-refractivity contribution in [3.63, 3.8) is 0 Å². The van der Waals surface area contributed by atoms with Crippen LogP contribution in [0.1, 0.15) is 42.5 Å². The molecule has 1 aliphatic rings. The lowest BCUT2D eigenvalue weighted by molar-refractivity contribution is -0.274. The van der Waals surface area contributed by atoms with Crippen molar-refractivity contribution in [1.29, 1.82) is 0 Å². The van der Waals surface area contributed by atoms with Gasteiger partial charge in [-0.3, -0.25) is 4.79 Å². The number of hydrogen-bond acceptors (Lipinski definition) is 6. The van der Waals surface area contributed by atoms with Gasteiger partial charge in [0.05, 0.1) is 5.69 Å². The zero-order valence-corrected chi connectivity index (χ0v) is 18.2. The number of carbonyl (C=O) groups is 1. The van der Waals surface area contributed by atoms with Crippen LogP contribution in [0.4, 0.5) is 30.6 Å². The monoisotopic (exact) mass is 471 g/mol. The van der Waals surface area contributed by atoms with Gasteiger partial charge >= 0.3 is 6.36 Å². The molecule has 3 aromatic rings. The highest BCUT2D eigenvalue weighted by Crippen LogP contribution is 2.29. The summed E-state index contributed by atoms with van der Waals surface area (Å²) in [6.45, 7) is 0. The largest absolute Gasteiger partial charge is 0.573 e. The van der Waals surface area contributed by atoms with Crippen LogP contribution < -0.4 is 21.1 Å². The predicted molar refractivity (Wildman–Crippen MR) is 123 cm³/mol. The van der Waals surface area contributed by atoms with E-state index in [2.05, 4.69) is 25.3 Å². The van der Waals surface area contributed by atoms with Crippen LogP contribution in [0, 0.1) is 0 Å². The average molecular weight is 471 g/mol. The normalized spacial score (nSPS) is 14.4. The van der Waals surface area contributed by atoms with Crippen molar-refractivity contribution in [2.75, 3.05) is 16.4 Å². The molecule has 4 N–H and O–H groups in total. The molecule has 0 spiro atoms. The third-order valence-corrected chi connectivity index (χ3v) is 5.42. The van der Waals surface area contributed by atoms with Crippen LogP contribution in [0.5, 0.6) is 5.75 Å². The number of anilines is 3. The number of amides is 1. The number of benzene rings is 2. The van der Waals surface area contributed by atoms with Crippen LogP contribution in [0.3, 0.4) is 0 Å². The average Bonchev–Trinajstić information content (AvgIpc) is 2.79. The van der Waals surface area contributed by atoms with Crippen molar-refractivity contribution in [3.8, 4) is 17.0 Å². The fraction of sp³-hybridized carbons (Fsp3) is 0.292.